The Morgan fingerprint density at radius 1 is 1.32 bits per heavy atom. The maximum atomic E-state index is 9.35. The molecule has 0 saturated heterocycles. The van der Waals surface area contributed by atoms with Crippen LogP contribution in [0.1, 0.15) is 11.3 Å². The Balaban J connectivity index is 2.33. The second-order valence-corrected chi connectivity index (χ2v) is 5.50. The monoisotopic (exact) mass is 362 g/mol. The molecule has 0 bridgehead atoms. The summed E-state index contributed by atoms with van der Waals surface area (Å²) in [4.78, 5) is 0. The van der Waals surface area contributed by atoms with Gasteiger partial charge in [0, 0.05) is 35.5 Å². The van der Waals surface area contributed by atoms with Gasteiger partial charge in [-0.3, -0.25) is 7.46 Å². The molecule has 5 heteroatoms. The van der Waals surface area contributed by atoms with Crippen molar-refractivity contribution in [2.75, 3.05) is 0 Å². The van der Waals surface area contributed by atoms with Crippen molar-refractivity contribution in [3.8, 4) is 17.2 Å². The molecule has 0 radical (unpaired) electrons. The van der Waals surface area contributed by atoms with Crippen LogP contribution < -0.4 is 0 Å². The van der Waals surface area contributed by atoms with E-state index in [-0.39, 0.29) is 0 Å². The summed E-state index contributed by atoms with van der Waals surface area (Å²) in [6, 6.07) is 8.41. The fourth-order valence-corrected chi connectivity index (χ4v) is 2.81. The molecule has 0 unspecified atom stereocenters. The highest BCUT2D eigenvalue weighted by Gasteiger charge is 2.12. The average Bonchev–Trinajstić information content (AvgIpc) is 2.94. The van der Waals surface area contributed by atoms with Crippen LogP contribution >= 0.6 is 22.9 Å². The molecule has 1 aromatic carbocycles. The van der Waals surface area contributed by atoms with Crippen molar-refractivity contribution in [1.82, 2.24) is 12.6 Å². The van der Waals surface area contributed by atoms with Gasteiger partial charge in [-0.2, -0.15) is 10.4 Å². The lowest BCUT2D eigenvalue weighted by atomic mass is 10.0. The van der Waals surface area contributed by atoms with E-state index < -0.39 is 0 Å². The van der Waals surface area contributed by atoms with E-state index >= 15 is 0 Å². The first-order valence-electron chi connectivity index (χ1n) is 5.81. The standard InChI is InChI=1S/C14H11IN4/c1-9-3-10-4-13(12-7-17-18(2)8-12)11(6-16)5-14(10)19(9)15/h3-5,7-8H,1-2H3. The van der Waals surface area contributed by atoms with E-state index in [1.165, 1.54) is 5.69 Å². The molecule has 0 saturated carbocycles. The van der Waals surface area contributed by atoms with Crippen molar-refractivity contribution in [2.45, 2.75) is 6.92 Å². The number of aromatic nitrogens is 3. The van der Waals surface area contributed by atoms with E-state index in [9.17, 15) is 5.26 Å². The molecule has 2 heterocycles. The smallest absolute Gasteiger partial charge is 0.0998 e. The summed E-state index contributed by atoms with van der Waals surface area (Å²) in [6.07, 6.45) is 3.71. The second-order valence-electron chi connectivity index (χ2n) is 4.54. The van der Waals surface area contributed by atoms with Crippen LogP contribution in [0.15, 0.2) is 30.6 Å². The van der Waals surface area contributed by atoms with Crippen LogP contribution in [0.5, 0.6) is 0 Å². The first-order chi connectivity index (χ1) is 9.10. The molecule has 0 aliphatic rings. The van der Waals surface area contributed by atoms with Crippen LogP contribution in [0.2, 0.25) is 0 Å². The quantitative estimate of drug-likeness (QED) is 0.623. The van der Waals surface area contributed by atoms with Gasteiger partial charge in [0.1, 0.15) is 0 Å². The number of halogens is 1. The number of aryl methyl sites for hydroxylation is 2. The van der Waals surface area contributed by atoms with Crippen molar-refractivity contribution in [2.24, 2.45) is 7.05 Å². The van der Waals surface area contributed by atoms with Gasteiger partial charge in [-0.15, -0.1) is 0 Å². The number of nitriles is 1. The summed E-state index contributed by atoms with van der Waals surface area (Å²) in [5.74, 6) is 0. The highest BCUT2D eigenvalue weighted by atomic mass is 127. The minimum absolute atomic E-state index is 0.677. The van der Waals surface area contributed by atoms with E-state index in [1.54, 1.807) is 10.9 Å². The predicted molar refractivity (Wildman–Crippen MR) is 83.0 cm³/mol. The maximum Gasteiger partial charge on any atom is 0.0998 e. The van der Waals surface area contributed by atoms with E-state index in [0.717, 1.165) is 22.0 Å². The van der Waals surface area contributed by atoms with Crippen LogP contribution in [0.25, 0.3) is 22.0 Å². The zero-order valence-corrected chi connectivity index (χ0v) is 12.7. The van der Waals surface area contributed by atoms with Crippen LogP contribution in [-0.4, -0.2) is 12.6 Å². The SMILES string of the molecule is Cc1cc2cc(-c3cnn(C)c3)c(C#N)cc2n1I. The molecule has 19 heavy (non-hydrogen) atoms. The molecule has 0 atom stereocenters. The lowest BCUT2D eigenvalue weighted by Crippen LogP contribution is -1.87. The third-order valence-electron chi connectivity index (χ3n) is 3.19. The van der Waals surface area contributed by atoms with Crippen LogP contribution in [0, 0.1) is 18.3 Å². The van der Waals surface area contributed by atoms with Crippen LogP contribution in [0.4, 0.5) is 0 Å². The molecule has 3 aromatic rings. The second kappa shape index (κ2) is 4.38. The molecule has 0 amide bonds. The number of hydrogen-bond donors (Lipinski definition) is 0. The molecule has 0 N–H and O–H groups in total. The molecular weight excluding hydrogens is 351 g/mol. The minimum Gasteiger partial charge on any atom is -0.287 e. The number of nitrogens with zero attached hydrogens (tertiary/aromatic N) is 4. The Bertz CT molecular complexity index is 820. The van der Waals surface area contributed by atoms with Crippen molar-refractivity contribution in [3.05, 3.63) is 41.9 Å². The summed E-state index contributed by atoms with van der Waals surface area (Å²) in [6.45, 7) is 2.06. The molecule has 2 aromatic heterocycles. The van der Waals surface area contributed by atoms with Gasteiger partial charge in [0.2, 0.25) is 0 Å². The normalized spacial score (nSPS) is 10.8. The predicted octanol–water partition coefficient (Wildman–Crippen LogP) is 3.42. The Kier molecular flexibility index (Phi) is 2.82. The number of rotatable bonds is 1. The van der Waals surface area contributed by atoms with Crippen LogP contribution in [0.3, 0.4) is 0 Å². The lowest BCUT2D eigenvalue weighted by Gasteiger charge is -2.03. The van der Waals surface area contributed by atoms with Gasteiger partial charge in [0.05, 0.1) is 46.2 Å². The number of benzene rings is 1. The van der Waals surface area contributed by atoms with Gasteiger partial charge in [0.25, 0.3) is 0 Å². The molecule has 94 valence electrons. The lowest BCUT2D eigenvalue weighted by molar-refractivity contribution is 0.768. The minimum atomic E-state index is 0.677. The van der Waals surface area contributed by atoms with Gasteiger partial charge in [-0.25, -0.2) is 0 Å². The first-order valence-corrected chi connectivity index (χ1v) is 6.78. The average molecular weight is 362 g/mol. The Hall–Kier alpha value is -1.81. The molecule has 4 nitrogen and oxygen atoms in total. The first kappa shape index (κ1) is 12.2. The van der Waals surface area contributed by atoms with Gasteiger partial charge < -0.3 is 0 Å². The molecule has 0 spiro atoms. The van der Waals surface area contributed by atoms with E-state index in [0.29, 0.717) is 5.56 Å². The molecule has 0 aliphatic heterocycles. The van der Waals surface area contributed by atoms with Gasteiger partial charge in [-0.1, -0.05) is 0 Å². The Morgan fingerprint density at radius 2 is 2.11 bits per heavy atom. The third-order valence-corrected chi connectivity index (χ3v) is 4.47. The van der Waals surface area contributed by atoms with Gasteiger partial charge in [0.15, 0.2) is 0 Å². The third kappa shape index (κ3) is 1.92. The maximum absolute atomic E-state index is 9.35. The summed E-state index contributed by atoms with van der Waals surface area (Å²) in [5, 5.41) is 14.7. The van der Waals surface area contributed by atoms with Crippen LogP contribution in [-0.2, 0) is 7.05 Å². The summed E-state index contributed by atoms with van der Waals surface area (Å²) >= 11 is 2.25. The van der Waals surface area contributed by atoms with E-state index in [4.69, 9.17) is 0 Å². The van der Waals surface area contributed by atoms with Crippen molar-refractivity contribution in [1.29, 1.82) is 5.26 Å². The van der Waals surface area contributed by atoms with Crippen molar-refractivity contribution >= 4 is 33.8 Å². The zero-order chi connectivity index (χ0) is 13.6. The fourth-order valence-electron chi connectivity index (χ4n) is 2.25. The summed E-state index contributed by atoms with van der Waals surface area (Å²) < 4.78 is 3.82. The van der Waals surface area contributed by atoms with Crippen molar-refractivity contribution in [3.63, 3.8) is 0 Å². The topological polar surface area (TPSA) is 46.5 Å². The zero-order valence-electron chi connectivity index (χ0n) is 10.6. The van der Waals surface area contributed by atoms with Gasteiger partial charge in [-0.05, 0) is 25.1 Å². The van der Waals surface area contributed by atoms with E-state index in [1.807, 2.05) is 19.3 Å². The highest BCUT2D eigenvalue weighted by Crippen LogP contribution is 2.30. The number of hydrogen-bond acceptors (Lipinski definition) is 2. The largest absolute Gasteiger partial charge is 0.287 e. The Morgan fingerprint density at radius 3 is 2.74 bits per heavy atom. The molecule has 0 aliphatic carbocycles. The molecular formula is C14H11IN4. The summed E-state index contributed by atoms with van der Waals surface area (Å²) in [5.41, 5.74) is 4.83. The Labute approximate surface area is 124 Å². The highest BCUT2D eigenvalue weighted by molar-refractivity contribution is 14.1. The van der Waals surface area contributed by atoms with Crippen molar-refractivity contribution < 1.29 is 0 Å². The summed E-state index contributed by atoms with van der Waals surface area (Å²) in [7, 11) is 1.87. The molecule has 3 rings (SSSR count). The van der Waals surface area contributed by atoms with Gasteiger partial charge >= 0.3 is 0 Å². The number of fused-ring (bicyclic) bond motifs is 1. The fraction of sp³-hybridized carbons (Fsp3) is 0.143. The van der Waals surface area contributed by atoms with E-state index in [2.05, 4.69) is 55.9 Å². The molecule has 0 fully saturated rings.